The molecule has 2 aromatic rings. The van der Waals surface area contributed by atoms with Gasteiger partial charge in [0.1, 0.15) is 11.6 Å². The van der Waals surface area contributed by atoms with Crippen LogP contribution in [0.25, 0.3) is 0 Å². The van der Waals surface area contributed by atoms with E-state index < -0.39 is 0 Å². The number of halogens is 1. The summed E-state index contributed by atoms with van der Waals surface area (Å²) >= 11 is 6.48. The number of aromatic nitrogens is 1. The minimum atomic E-state index is -0.0994. The van der Waals surface area contributed by atoms with Gasteiger partial charge in [0.25, 0.3) is 5.91 Å². The molecule has 2 unspecified atom stereocenters. The summed E-state index contributed by atoms with van der Waals surface area (Å²) in [6.45, 7) is 9.75. The van der Waals surface area contributed by atoms with Gasteiger partial charge in [0.15, 0.2) is 0 Å². The predicted molar refractivity (Wildman–Crippen MR) is 180 cm³/mol. The van der Waals surface area contributed by atoms with Gasteiger partial charge < -0.3 is 29.4 Å². The van der Waals surface area contributed by atoms with Crippen molar-refractivity contribution in [1.82, 2.24) is 19.7 Å². The van der Waals surface area contributed by atoms with E-state index >= 15 is 0 Å². The highest BCUT2D eigenvalue weighted by molar-refractivity contribution is 6.31. The maximum Gasteiger partial charge on any atom is 0.257 e. The van der Waals surface area contributed by atoms with Crippen molar-refractivity contribution in [2.24, 2.45) is 17.8 Å². The first-order valence-corrected chi connectivity index (χ1v) is 16.5. The minimum absolute atomic E-state index is 0.0532. The average Bonchev–Trinajstić information content (AvgIpc) is 3.59. The van der Waals surface area contributed by atoms with Crippen LogP contribution >= 0.6 is 11.6 Å². The lowest BCUT2D eigenvalue weighted by Crippen LogP contribution is -2.44. The topological polar surface area (TPSA) is 83.5 Å². The molecule has 0 bridgehead atoms. The Hall–Kier alpha value is -3.37. The highest BCUT2D eigenvalue weighted by atomic mass is 35.5. The highest BCUT2D eigenvalue weighted by Crippen LogP contribution is 2.34. The standard InChI is InChI=1S/C34H48ClN7O3/c1-23-8-9-28(18-30(23)35)42(33(44)25-12-16-40(17-13-25)24(2)43)15-7-14-39-19-26-21-41(22-27(26)20-39)34(45)29-10-11-31(37(3)4)36-32(29)38(5)6/h8-11,18,25-27H,7,12-17,19-22H2,1-6H3. The normalized spacial score (nSPS) is 20.3. The van der Waals surface area contributed by atoms with E-state index in [0.29, 0.717) is 60.7 Å². The fraction of sp³-hybridized carbons (Fsp3) is 0.588. The quantitative estimate of drug-likeness (QED) is 0.413. The van der Waals surface area contributed by atoms with E-state index in [0.717, 1.165) is 56.2 Å². The second-order valence-electron chi connectivity index (χ2n) is 13.4. The second kappa shape index (κ2) is 14.0. The van der Waals surface area contributed by atoms with Crippen LogP contribution in [0.1, 0.15) is 42.1 Å². The first-order chi connectivity index (χ1) is 21.4. The van der Waals surface area contributed by atoms with Crippen molar-refractivity contribution in [2.45, 2.75) is 33.1 Å². The van der Waals surface area contributed by atoms with Gasteiger partial charge in [-0.1, -0.05) is 17.7 Å². The maximum absolute atomic E-state index is 13.8. The summed E-state index contributed by atoms with van der Waals surface area (Å²) in [6, 6.07) is 9.67. The highest BCUT2D eigenvalue weighted by Gasteiger charge is 2.42. The van der Waals surface area contributed by atoms with Crippen molar-refractivity contribution in [3.05, 3.63) is 46.5 Å². The molecule has 3 fully saturated rings. The summed E-state index contributed by atoms with van der Waals surface area (Å²) in [7, 11) is 7.75. The molecule has 0 spiro atoms. The molecule has 1 aromatic carbocycles. The molecular weight excluding hydrogens is 590 g/mol. The van der Waals surface area contributed by atoms with Crippen molar-refractivity contribution in [1.29, 1.82) is 0 Å². The lowest BCUT2D eigenvalue weighted by atomic mass is 9.94. The summed E-state index contributed by atoms with van der Waals surface area (Å²) < 4.78 is 0. The Labute approximate surface area is 272 Å². The molecule has 3 amide bonds. The number of fused-ring (bicyclic) bond motifs is 1. The van der Waals surface area contributed by atoms with Crippen LogP contribution in [0.15, 0.2) is 30.3 Å². The predicted octanol–water partition coefficient (Wildman–Crippen LogP) is 3.86. The Morgan fingerprint density at radius 2 is 1.58 bits per heavy atom. The molecule has 3 aliphatic rings. The Bertz CT molecular complexity index is 1390. The van der Waals surface area contributed by atoms with Gasteiger partial charge in [0.05, 0.1) is 5.56 Å². The number of anilines is 3. The number of nitrogens with zero attached hydrogens (tertiary/aromatic N) is 7. The summed E-state index contributed by atoms with van der Waals surface area (Å²) in [5, 5.41) is 0.658. The van der Waals surface area contributed by atoms with E-state index in [4.69, 9.17) is 16.6 Å². The van der Waals surface area contributed by atoms with Gasteiger partial charge in [-0.3, -0.25) is 14.4 Å². The van der Waals surface area contributed by atoms with Crippen LogP contribution in [0.5, 0.6) is 0 Å². The molecule has 1 aromatic heterocycles. The number of benzene rings is 1. The molecule has 0 saturated carbocycles. The van der Waals surface area contributed by atoms with E-state index in [2.05, 4.69) is 4.90 Å². The number of aryl methyl sites for hydroxylation is 1. The molecule has 0 N–H and O–H groups in total. The van der Waals surface area contributed by atoms with Gasteiger partial charge in [0, 0.05) is 97.6 Å². The van der Waals surface area contributed by atoms with Gasteiger partial charge in [-0.25, -0.2) is 4.98 Å². The molecule has 0 aliphatic carbocycles. The summed E-state index contributed by atoms with van der Waals surface area (Å²) in [6.07, 6.45) is 2.22. The molecule has 244 valence electrons. The number of hydrogen-bond donors (Lipinski definition) is 0. The molecule has 45 heavy (non-hydrogen) atoms. The summed E-state index contributed by atoms with van der Waals surface area (Å²) in [5.74, 6) is 2.57. The Morgan fingerprint density at radius 1 is 0.911 bits per heavy atom. The second-order valence-corrected chi connectivity index (χ2v) is 13.8. The van der Waals surface area contributed by atoms with Crippen molar-refractivity contribution in [3.63, 3.8) is 0 Å². The smallest absolute Gasteiger partial charge is 0.257 e. The SMILES string of the molecule is CC(=O)N1CCC(C(=O)N(CCCN2CC3CN(C(=O)c4ccc(N(C)C)nc4N(C)C)CC3C2)c2ccc(C)c(Cl)c2)CC1. The Kier molecular flexibility index (Phi) is 10.2. The van der Waals surface area contributed by atoms with Crippen molar-refractivity contribution in [3.8, 4) is 0 Å². The molecule has 3 aliphatic heterocycles. The average molecular weight is 638 g/mol. The Morgan fingerprint density at radius 3 is 2.16 bits per heavy atom. The lowest BCUT2D eigenvalue weighted by molar-refractivity contribution is -0.133. The third-order valence-corrected chi connectivity index (χ3v) is 10.1. The van der Waals surface area contributed by atoms with Crippen LogP contribution in [0.2, 0.25) is 5.02 Å². The number of piperidine rings is 1. The summed E-state index contributed by atoms with van der Waals surface area (Å²) in [5.41, 5.74) is 2.47. The lowest BCUT2D eigenvalue weighted by Gasteiger charge is -2.34. The maximum atomic E-state index is 13.8. The number of carbonyl (C=O) groups excluding carboxylic acids is 3. The minimum Gasteiger partial charge on any atom is -0.363 e. The van der Waals surface area contributed by atoms with Crippen LogP contribution in [-0.4, -0.2) is 118 Å². The van der Waals surface area contributed by atoms with Crippen LogP contribution in [0.4, 0.5) is 17.3 Å². The molecule has 0 radical (unpaired) electrons. The fourth-order valence-corrected chi connectivity index (χ4v) is 7.21. The van der Waals surface area contributed by atoms with E-state index in [-0.39, 0.29) is 23.6 Å². The first kappa shape index (κ1) is 33.0. The zero-order valence-electron chi connectivity index (χ0n) is 27.6. The van der Waals surface area contributed by atoms with Crippen LogP contribution < -0.4 is 14.7 Å². The van der Waals surface area contributed by atoms with Gasteiger partial charge in [-0.15, -0.1) is 0 Å². The van der Waals surface area contributed by atoms with Crippen LogP contribution in [-0.2, 0) is 9.59 Å². The van der Waals surface area contributed by atoms with Crippen LogP contribution in [0, 0.1) is 24.7 Å². The number of pyridine rings is 1. The van der Waals surface area contributed by atoms with E-state index in [1.807, 2.05) is 89.9 Å². The van der Waals surface area contributed by atoms with Gasteiger partial charge in [-0.05, 0) is 74.4 Å². The zero-order chi connectivity index (χ0) is 32.4. The number of hydrogen-bond acceptors (Lipinski definition) is 7. The van der Waals surface area contributed by atoms with Crippen molar-refractivity contribution >= 4 is 46.6 Å². The van der Waals surface area contributed by atoms with E-state index in [1.54, 1.807) is 6.92 Å². The fourth-order valence-electron chi connectivity index (χ4n) is 7.03. The molecule has 3 saturated heterocycles. The number of rotatable bonds is 9. The first-order valence-electron chi connectivity index (χ1n) is 16.1. The van der Waals surface area contributed by atoms with Gasteiger partial charge in [-0.2, -0.15) is 0 Å². The molecule has 4 heterocycles. The number of likely N-dealkylation sites (tertiary alicyclic amines) is 3. The van der Waals surface area contributed by atoms with E-state index in [1.165, 1.54) is 0 Å². The van der Waals surface area contributed by atoms with Crippen molar-refractivity contribution in [2.75, 3.05) is 95.2 Å². The van der Waals surface area contributed by atoms with E-state index in [9.17, 15) is 14.4 Å². The Balaban J connectivity index is 1.17. The van der Waals surface area contributed by atoms with Crippen molar-refractivity contribution < 1.29 is 14.4 Å². The molecule has 2 atom stereocenters. The van der Waals surface area contributed by atoms with Gasteiger partial charge in [0.2, 0.25) is 11.8 Å². The molecule has 5 rings (SSSR count). The summed E-state index contributed by atoms with van der Waals surface area (Å²) in [4.78, 5) is 56.0. The third-order valence-electron chi connectivity index (χ3n) is 9.70. The third kappa shape index (κ3) is 7.38. The van der Waals surface area contributed by atoms with Crippen LogP contribution in [0.3, 0.4) is 0 Å². The monoisotopic (exact) mass is 637 g/mol. The number of carbonyl (C=O) groups is 3. The molecule has 11 heteroatoms. The zero-order valence-corrected chi connectivity index (χ0v) is 28.4. The molecular formula is C34H48ClN7O3. The largest absolute Gasteiger partial charge is 0.363 e. The molecule has 10 nitrogen and oxygen atoms in total. The number of amides is 3. The van der Waals surface area contributed by atoms with Gasteiger partial charge >= 0.3 is 0 Å².